The Morgan fingerprint density at radius 2 is 2.04 bits per heavy atom. The van der Waals surface area contributed by atoms with Crippen LogP contribution in [0.2, 0.25) is 5.02 Å². The molecule has 1 aromatic carbocycles. The summed E-state index contributed by atoms with van der Waals surface area (Å²) in [4.78, 5) is 27.3. The number of ether oxygens (including phenoxy) is 2. The summed E-state index contributed by atoms with van der Waals surface area (Å²) in [5.74, 6) is -0.593. The highest BCUT2D eigenvalue weighted by Crippen LogP contribution is 2.26. The Morgan fingerprint density at radius 3 is 2.58 bits per heavy atom. The lowest BCUT2D eigenvalue weighted by molar-refractivity contribution is -0.138. The Kier molecular flexibility index (Phi) is 5.59. The van der Waals surface area contributed by atoms with Crippen molar-refractivity contribution in [3.05, 3.63) is 53.2 Å². The quantitative estimate of drug-likeness (QED) is 0.659. The van der Waals surface area contributed by atoms with E-state index in [0.717, 1.165) is 17.6 Å². The summed E-state index contributed by atoms with van der Waals surface area (Å²) in [5.41, 5.74) is 1.20. The van der Waals surface area contributed by atoms with Crippen LogP contribution in [0, 0.1) is 6.92 Å². The van der Waals surface area contributed by atoms with Crippen LogP contribution >= 0.6 is 11.6 Å². The number of benzene rings is 1. The Morgan fingerprint density at radius 1 is 1.29 bits per heavy atom. The molecule has 0 atom stereocenters. The fraction of sp³-hybridized carbons (Fsp3) is 0.188. The molecule has 126 valence electrons. The van der Waals surface area contributed by atoms with Gasteiger partial charge in [0.1, 0.15) is 11.5 Å². The van der Waals surface area contributed by atoms with Gasteiger partial charge in [-0.15, -0.1) is 0 Å². The van der Waals surface area contributed by atoms with Gasteiger partial charge in [-0.3, -0.25) is 0 Å². The molecule has 7 nitrogen and oxygen atoms in total. The molecule has 0 amide bonds. The number of nitrogens with zero attached hydrogens (tertiary/aromatic N) is 2. The van der Waals surface area contributed by atoms with Crippen molar-refractivity contribution in [1.82, 2.24) is 9.55 Å². The number of rotatable bonds is 5. The first kappa shape index (κ1) is 17.6. The SMILES string of the molecule is COC(=O)/C=C(/Nc1ccc(-n2ccnc2C)c(Cl)c1)C(=O)OC. The maximum Gasteiger partial charge on any atom is 0.354 e. The molecule has 0 fully saturated rings. The first-order chi connectivity index (χ1) is 11.5. The van der Waals surface area contributed by atoms with Crippen LogP contribution in [0.1, 0.15) is 5.82 Å². The molecule has 24 heavy (non-hydrogen) atoms. The lowest BCUT2D eigenvalue weighted by Gasteiger charge is -2.12. The normalized spacial score (nSPS) is 11.1. The summed E-state index contributed by atoms with van der Waals surface area (Å²) in [6, 6.07) is 5.12. The third-order valence-corrected chi connectivity index (χ3v) is 3.48. The van der Waals surface area contributed by atoms with Gasteiger partial charge in [-0.05, 0) is 25.1 Å². The number of carbonyl (C=O) groups excluding carboxylic acids is 2. The summed E-state index contributed by atoms with van der Waals surface area (Å²) in [6.45, 7) is 1.86. The van der Waals surface area contributed by atoms with Crippen LogP contribution in [-0.2, 0) is 19.1 Å². The monoisotopic (exact) mass is 349 g/mol. The number of hydrogen-bond acceptors (Lipinski definition) is 6. The van der Waals surface area contributed by atoms with Crippen LogP contribution in [0.15, 0.2) is 42.4 Å². The fourth-order valence-electron chi connectivity index (χ4n) is 2.00. The molecule has 8 heteroatoms. The van der Waals surface area contributed by atoms with Crippen molar-refractivity contribution in [1.29, 1.82) is 0 Å². The van der Waals surface area contributed by atoms with E-state index < -0.39 is 11.9 Å². The second-order valence-electron chi connectivity index (χ2n) is 4.71. The number of carbonyl (C=O) groups is 2. The summed E-state index contributed by atoms with van der Waals surface area (Å²) in [7, 11) is 2.43. The number of methoxy groups -OCH3 is 2. The average molecular weight is 350 g/mol. The summed E-state index contributed by atoms with van der Waals surface area (Å²) in [6.07, 6.45) is 4.47. The highest BCUT2D eigenvalue weighted by atomic mass is 35.5. The molecule has 0 unspecified atom stereocenters. The zero-order valence-corrected chi connectivity index (χ0v) is 14.1. The van der Waals surface area contributed by atoms with Crippen molar-refractivity contribution in [3.63, 3.8) is 0 Å². The van der Waals surface area contributed by atoms with Crippen LogP contribution in [-0.4, -0.2) is 35.7 Å². The van der Waals surface area contributed by atoms with Crippen LogP contribution < -0.4 is 5.32 Å². The van der Waals surface area contributed by atoms with Gasteiger partial charge in [0.2, 0.25) is 0 Å². The van der Waals surface area contributed by atoms with Gasteiger partial charge in [0.15, 0.2) is 0 Å². The van der Waals surface area contributed by atoms with E-state index in [1.807, 2.05) is 11.5 Å². The molecule has 1 N–H and O–H groups in total. The number of halogens is 1. The number of imidazole rings is 1. The molecule has 2 rings (SSSR count). The van der Waals surface area contributed by atoms with E-state index >= 15 is 0 Å². The molecule has 2 aromatic rings. The Hall–Kier alpha value is -2.80. The molecule has 0 saturated heterocycles. The molecule has 1 heterocycles. The minimum atomic E-state index is -0.703. The van der Waals surface area contributed by atoms with Crippen LogP contribution in [0.4, 0.5) is 5.69 Å². The van der Waals surface area contributed by atoms with Gasteiger partial charge in [-0.2, -0.15) is 0 Å². The molecule has 0 aliphatic carbocycles. The first-order valence-corrected chi connectivity index (χ1v) is 7.29. The highest BCUT2D eigenvalue weighted by Gasteiger charge is 2.14. The third-order valence-electron chi connectivity index (χ3n) is 3.18. The summed E-state index contributed by atoms with van der Waals surface area (Å²) >= 11 is 6.31. The maximum atomic E-state index is 11.7. The van der Waals surface area contributed by atoms with E-state index in [1.54, 1.807) is 30.6 Å². The molecular formula is C16H16ClN3O4. The number of anilines is 1. The number of hydrogen-bond donors (Lipinski definition) is 1. The lowest BCUT2D eigenvalue weighted by atomic mass is 10.2. The minimum absolute atomic E-state index is 0.0630. The summed E-state index contributed by atoms with van der Waals surface area (Å²) < 4.78 is 11.0. The van der Waals surface area contributed by atoms with Crippen molar-refractivity contribution in [2.75, 3.05) is 19.5 Å². The van der Waals surface area contributed by atoms with Crippen molar-refractivity contribution in [3.8, 4) is 5.69 Å². The average Bonchev–Trinajstić information content (AvgIpc) is 2.99. The second-order valence-corrected chi connectivity index (χ2v) is 5.12. The lowest BCUT2D eigenvalue weighted by Crippen LogP contribution is -2.15. The van der Waals surface area contributed by atoms with Gasteiger partial charge in [0.05, 0.1) is 31.0 Å². The van der Waals surface area contributed by atoms with Gasteiger partial charge in [-0.25, -0.2) is 14.6 Å². The number of aromatic nitrogens is 2. The standard InChI is InChI=1S/C16H16ClN3O4/c1-10-18-6-7-20(10)14-5-4-11(8-12(14)17)19-13(16(22)24-3)9-15(21)23-2/h4-9,19H,1-3H3/b13-9+. The van der Waals surface area contributed by atoms with Crippen molar-refractivity contribution < 1.29 is 19.1 Å². The van der Waals surface area contributed by atoms with Crippen LogP contribution in [0.25, 0.3) is 5.69 Å². The smallest absolute Gasteiger partial charge is 0.354 e. The van der Waals surface area contributed by atoms with E-state index in [0.29, 0.717) is 10.7 Å². The third kappa shape index (κ3) is 3.94. The zero-order valence-electron chi connectivity index (χ0n) is 13.4. The fourth-order valence-corrected chi connectivity index (χ4v) is 2.27. The van der Waals surface area contributed by atoms with Crippen molar-refractivity contribution in [2.45, 2.75) is 6.92 Å². The van der Waals surface area contributed by atoms with Gasteiger partial charge < -0.3 is 19.4 Å². The molecule has 0 aliphatic heterocycles. The van der Waals surface area contributed by atoms with E-state index in [2.05, 4.69) is 19.8 Å². The maximum absolute atomic E-state index is 11.7. The minimum Gasteiger partial charge on any atom is -0.466 e. The zero-order chi connectivity index (χ0) is 17.7. The number of aryl methyl sites for hydroxylation is 1. The highest BCUT2D eigenvalue weighted by molar-refractivity contribution is 6.32. The van der Waals surface area contributed by atoms with Crippen LogP contribution in [0.5, 0.6) is 0 Å². The molecule has 0 spiro atoms. The Balaban J connectivity index is 2.31. The van der Waals surface area contributed by atoms with E-state index in [9.17, 15) is 9.59 Å². The topological polar surface area (TPSA) is 82.5 Å². The van der Waals surface area contributed by atoms with Crippen LogP contribution in [0.3, 0.4) is 0 Å². The predicted octanol–water partition coefficient (Wildman–Crippen LogP) is 2.48. The largest absolute Gasteiger partial charge is 0.466 e. The number of nitrogens with one attached hydrogen (secondary N) is 1. The molecule has 0 aliphatic rings. The Bertz CT molecular complexity index is 798. The predicted molar refractivity (Wildman–Crippen MR) is 89.0 cm³/mol. The van der Waals surface area contributed by atoms with Gasteiger partial charge >= 0.3 is 11.9 Å². The Labute approximate surface area is 143 Å². The van der Waals surface area contributed by atoms with E-state index in [4.69, 9.17) is 11.6 Å². The second kappa shape index (κ2) is 7.65. The van der Waals surface area contributed by atoms with Crippen molar-refractivity contribution >= 4 is 29.2 Å². The molecule has 0 radical (unpaired) electrons. The number of esters is 2. The molecular weight excluding hydrogens is 334 g/mol. The first-order valence-electron chi connectivity index (χ1n) is 6.91. The van der Waals surface area contributed by atoms with E-state index in [1.165, 1.54) is 14.2 Å². The van der Waals surface area contributed by atoms with Crippen molar-refractivity contribution in [2.24, 2.45) is 0 Å². The molecule has 1 aromatic heterocycles. The molecule has 0 bridgehead atoms. The van der Waals surface area contributed by atoms with Gasteiger partial charge in [0, 0.05) is 18.1 Å². The van der Waals surface area contributed by atoms with E-state index in [-0.39, 0.29) is 5.70 Å². The van der Waals surface area contributed by atoms with Gasteiger partial charge in [-0.1, -0.05) is 11.6 Å². The molecule has 0 saturated carbocycles. The summed E-state index contributed by atoms with van der Waals surface area (Å²) in [5, 5.41) is 3.25. The van der Waals surface area contributed by atoms with Gasteiger partial charge in [0.25, 0.3) is 0 Å².